The van der Waals surface area contributed by atoms with Crippen molar-refractivity contribution in [3.05, 3.63) is 22.4 Å². The van der Waals surface area contributed by atoms with Crippen molar-refractivity contribution in [3.8, 4) is 0 Å². The number of ether oxygens (including phenoxy) is 1. The maximum absolute atomic E-state index is 10.8. The Hall–Kier alpha value is -0.910. The molecular weight excluding hydrogens is 238 g/mol. The van der Waals surface area contributed by atoms with Gasteiger partial charge in [-0.05, 0) is 30.8 Å². The van der Waals surface area contributed by atoms with Gasteiger partial charge in [-0.25, -0.2) is 0 Å². The quantitative estimate of drug-likeness (QED) is 0.662. The molecular formula is C12H19NO3S. The van der Waals surface area contributed by atoms with Crippen LogP contribution in [-0.4, -0.2) is 37.4 Å². The Kier molecular flexibility index (Phi) is 6.84. The number of methoxy groups -OCH3 is 1. The van der Waals surface area contributed by atoms with Gasteiger partial charge in [0, 0.05) is 24.6 Å². The van der Waals surface area contributed by atoms with E-state index < -0.39 is 5.97 Å². The molecule has 1 aromatic rings. The third-order valence-electron chi connectivity index (χ3n) is 2.41. The highest BCUT2D eigenvalue weighted by atomic mass is 32.1. The lowest BCUT2D eigenvalue weighted by molar-refractivity contribution is -0.137. The first kappa shape index (κ1) is 14.2. The second-order valence-corrected chi connectivity index (χ2v) is 4.91. The van der Waals surface area contributed by atoms with Crippen LogP contribution < -0.4 is 5.32 Å². The van der Waals surface area contributed by atoms with Crippen LogP contribution in [-0.2, 0) is 16.0 Å². The first-order chi connectivity index (χ1) is 8.22. The Labute approximate surface area is 106 Å². The minimum absolute atomic E-state index is 0.00278. The maximum Gasteiger partial charge on any atom is 0.304 e. The highest BCUT2D eigenvalue weighted by Gasteiger charge is 2.13. The van der Waals surface area contributed by atoms with Gasteiger partial charge in [-0.1, -0.05) is 6.07 Å². The Morgan fingerprint density at radius 2 is 2.47 bits per heavy atom. The fourth-order valence-electron chi connectivity index (χ4n) is 1.62. The molecule has 2 N–H and O–H groups in total. The summed E-state index contributed by atoms with van der Waals surface area (Å²) in [6.45, 7) is 1.49. The summed E-state index contributed by atoms with van der Waals surface area (Å²) in [5.74, 6) is -0.759. The highest BCUT2D eigenvalue weighted by Crippen LogP contribution is 2.12. The molecule has 17 heavy (non-hydrogen) atoms. The van der Waals surface area contributed by atoms with Crippen LogP contribution >= 0.6 is 11.3 Å². The maximum atomic E-state index is 10.8. The molecule has 1 atom stereocenters. The third kappa shape index (κ3) is 6.41. The first-order valence-corrected chi connectivity index (χ1v) is 6.57. The highest BCUT2D eigenvalue weighted by molar-refractivity contribution is 7.09. The van der Waals surface area contributed by atoms with Gasteiger partial charge in [-0.15, -0.1) is 11.3 Å². The molecule has 1 aromatic heterocycles. The van der Waals surface area contributed by atoms with Crippen LogP contribution in [0, 0.1) is 0 Å². The summed E-state index contributed by atoms with van der Waals surface area (Å²) < 4.78 is 4.96. The topological polar surface area (TPSA) is 58.6 Å². The molecule has 1 heterocycles. The lowest BCUT2D eigenvalue weighted by Gasteiger charge is -2.15. The molecule has 96 valence electrons. The zero-order valence-corrected chi connectivity index (χ0v) is 10.8. The predicted molar refractivity (Wildman–Crippen MR) is 68.6 cm³/mol. The third-order valence-corrected chi connectivity index (χ3v) is 3.31. The minimum atomic E-state index is -0.759. The van der Waals surface area contributed by atoms with E-state index in [1.54, 1.807) is 18.4 Å². The van der Waals surface area contributed by atoms with Crippen LogP contribution in [0.15, 0.2) is 17.5 Å². The molecule has 0 saturated heterocycles. The van der Waals surface area contributed by atoms with Crippen molar-refractivity contribution < 1.29 is 14.6 Å². The van der Waals surface area contributed by atoms with E-state index in [1.807, 2.05) is 17.5 Å². The zero-order chi connectivity index (χ0) is 12.5. The number of hydrogen-bond donors (Lipinski definition) is 2. The molecule has 0 saturated carbocycles. The summed E-state index contributed by atoms with van der Waals surface area (Å²) in [6, 6.07) is 4.03. The van der Waals surface area contributed by atoms with Crippen LogP contribution in [0.1, 0.15) is 17.7 Å². The Morgan fingerprint density at radius 3 is 3.06 bits per heavy atom. The average Bonchev–Trinajstić information content (AvgIpc) is 2.76. The fourth-order valence-corrected chi connectivity index (χ4v) is 2.41. The Balaban J connectivity index is 2.34. The molecule has 0 spiro atoms. The first-order valence-electron chi connectivity index (χ1n) is 5.69. The van der Waals surface area contributed by atoms with Gasteiger partial charge in [0.1, 0.15) is 0 Å². The van der Waals surface area contributed by atoms with Crippen molar-refractivity contribution in [3.63, 3.8) is 0 Å². The number of aliphatic carboxylic acids is 1. The second kappa shape index (κ2) is 8.22. The molecule has 0 amide bonds. The molecule has 4 nitrogen and oxygen atoms in total. The van der Waals surface area contributed by atoms with Crippen LogP contribution in [0.25, 0.3) is 0 Å². The van der Waals surface area contributed by atoms with Gasteiger partial charge in [-0.2, -0.15) is 0 Å². The van der Waals surface area contributed by atoms with Gasteiger partial charge in [0.05, 0.1) is 6.42 Å². The zero-order valence-electron chi connectivity index (χ0n) is 10.0. The van der Waals surface area contributed by atoms with Crippen LogP contribution in [0.3, 0.4) is 0 Å². The molecule has 5 heteroatoms. The molecule has 0 fully saturated rings. The molecule has 0 bridgehead atoms. The van der Waals surface area contributed by atoms with Crippen LogP contribution in [0.2, 0.25) is 0 Å². The summed E-state index contributed by atoms with van der Waals surface area (Å²) in [5.41, 5.74) is 0. The number of carboxylic acid groups (broad SMARTS) is 1. The summed E-state index contributed by atoms with van der Waals surface area (Å²) in [7, 11) is 1.67. The van der Waals surface area contributed by atoms with E-state index in [9.17, 15) is 4.79 Å². The molecule has 0 aromatic carbocycles. The fraction of sp³-hybridized carbons (Fsp3) is 0.583. The standard InChI is InChI=1S/C12H19NO3S/c1-16-6-3-5-13-10(9-12(14)15)8-11-4-2-7-17-11/h2,4,7,10,13H,3,5-6,8-9H2,1H3,(H,14,15). The number of carbonyl (C=O) groups is 1. The van der Waals surface area contributed by atoms with Gasteiger partial charge in [-0.3, -0.25) is 4.79 Å². The predicted octanol–water partition coefficient (Wildman–Crippen LogP) is 1.76. The van der Waals surface area contributed by atoms with E-state index in [-0.39, 0.29) is 12.5 Å². The molecule has 0 aliphatic carbocycles. The number of carboxylic acids is 1. The van der Waals surface area contributed by atoms with Crippen molar-refractivity contribution in [2.45, 2.75) is 25.3 Å². The van der Waals surface area contributed by atoms with Gasteiger partial charge in [0.25, 0.3) is 0 Å². The van der Waals surface area contributed by atoms with Crippen molar-refractivity contribution in [1.82, 2.24) is 5.32 Å². The lowest BCUT2D eigenvalue weighted by Crippen LogP contribution is -2.34. The number of thiophene rings is 1. The Bertz CT molecular complexity index is 314. The van der Waals surface area contributed by atoms with Crippen molar-refractivity contribution >= 4 is 17.3 Å². The average molecular weight is 257 g/mol. The summed E-state index contributed by atoms with van der Waals surface area (Å²) >= 11 is 1.66. The lowest BCUT2D eigenvalue weighted by atomic mass is 10.1. The largest absolute Gasteiger partial charge is 0.481 e. The van der Waals surface area contributed by atoms with Crippen molar-refractivity contribution in [1.29, 1.82) is 0 Å². The summed E-state index contributed by atoms with van der Waals surface area (Å²) in [6.07, 6.45) is 1.83. The summed E-state index contributed by atoms with van der Waals surface area (Å²) in [5, 5.41) is 14.1. The van der Waals surface area contributed by atoms with Gasteiger partial charge < -0.3 is 15.2 Å². The number of rotatable bonds is 9. The number of nitrogens with one attached hydrogen (secondary N) is 1. The van der Waals surface area contributed by atoms with Crippen molar-refractivity contribution in [2.24, 2.45) is 0 Å². The molecule has 0 radical (unpaired) electrons. The van der Waals surface area contributed by atoms with Gasteiger partial charge >= 0.3 is 5.97 Å². The minimum Gasteiger partial charge on any atom is -0.481 e. The Morgan fingerprint density at radius 1 is 1.65 bits per heavy atom. The molecule has 1 rings (SSSR count). The number of hydrogen-bond acceptors (Lipinski definition) is 4. The molecule has 1 unspecified atom stereocenters. The summed E-state index contributed by atoms with van der Waals surface area (Å²) in [4.78, 5) is 12.0. The van der Waals surface area contributed by atoms with Crippen LogP contribution in [0.4, 0.5) is 0 Å². The van der Waals surface area contributed by atoms with E-state index in [2.05, 4.69) is 5.32 Å². The van der Waals surface area contributed by atoms with Crippen LogP contribution in [0.5, 0.6) is 0 Å². The van der Waals surface area contributed by atoms with E-state index in [4.69, 9.17) is 9.84 Å². The molecule has 0 aliphatic rings. The normalized spacial score (nSPS) is 12.5. The monoisotopic (exact) mass is 257 g/mol. The SMILES string of the molecule is COCCCNC(CC(=O)O)Cc1cccs1. The second-order valence-electron chi connectivity index (χ2n) is 3.88. The van der Waals surface area contributed by atoms with Gasteiger partial charge in [0.2, 0.25) is 0 Å². The smallest absolute Gasteiger partial charge is 0.304 e. The van der Waals surface area contributed by atoms with E-state index in [0.29, 0.717) is 6.61 Å². The van der Waals surface area contributed by atoms with E-state index in [1.165, 1.54) is 4.88 Å². The van der Waals surface area contributed by atoms with Gasteiger partial charge in [0.15, 0.2) is 0 Å². The van der Waals surface area contributed by atoms with E-state index in [0.717, 1.165) is 19.4 Å². The van der Waals surface area contributed by atoms with Crippen molar-refractivity contribution in [2.75, 3.05) is 20.3 Å². The van der Waals surface area contributed by atoms with E-state index >= 15 is 0 Å². The molecule has 0 aliphatic heterocycles.